The first-order valence-corrected chi connectivity index (χ1v) is 13.5. The minimum absolute atomic E-state index is 0.302. The second-order valence-corrected chi connectivity index (χ2v) is 9.79. The summed E-state index contributed by atoms with van der Waals surface area (Å²) in [6, 6.07) is 30.1. The van der Waals surface area contributed by atoms with Gasteiger partial charge in [0.05, 0.1) is 26.4 Å². The van der Waals surface area contributed by atoms with Crippen molar-refractivity contribution >= 4 is 0 Å². The van der Waals surface area contributed by atoms with E-state index >= 15 is 0 Å². The van der Waals surface area contributed by atoms with Crippen LogP contribution >= 0.6 is 0 Å². The molecule has 198 valence electrons. The second-order valence-electron chi connectivity index (χ2n) is 9.79. The van der Waals surface area contributed by atoms with Gasteiger partial charge in [-0.3, -0.25) is 0 Å². The molecule has 1 aliphatic rings. The first-order chi connectivity index (χ1) is 18.2. The van der Waals surface area contributed by atoms with E-state index in [2.05, 4.69) is 6.92 Å². The number of ether oxygens (including phenoxy) is 4. The molecule has 0 saturated carbocycles. The van der Waals surface area contributed by atoms with Gasteiger partial charge in [-0.25, -0.2) is 0 Å². The minimum atomic E-state index is -1.44. The average molecular weight is 505 g/mol. The van der Waals surface area contributed by atoms with Crippen LogP contribution in [0.2, 0.25) is 0 Å². The molecular formula is C32H40O5. The van der Waals surface area contributed by atoms with Crippen molar-refractivity contribution in [3.05, 3.63) is 108 Å². The molecule has 0 spiro atoms. The lowest BCUT2D eigenvalue weighted by Gasteiger charge is -2.30. The molecular weight excluding hydrogens is 464 g/mol. The Hall–Kier alpha value is -2.54. The van der Waals surface area contributed by atoms with Crippen LogP contribution in [-0.2, 0) is 38.8 Å². The fraction of sp³-hybridized carbons (Fsp3) is 0.438. The summed E-state index contributed by atoms with van der Waals surface area (Å²) >= 11 is 0. The highest BCUT2D eigenvalue weighted by molar-refractivity contribution is 5.15. The normalized spacial score (nSPS) is 23.4. The van der Waals surface area contributed by atoms with Crippen molar-refractivity contribution in [3.63, 3.8) is 0 Å². The maximum atomic E-state index is 11.8. The molecule has 1 N–H and O–H groups in total. The van der Waals surface area contributed by atoms with Gasteiger partial charge in [0.25, 0.3) is 0 Å². The number of hydrogen-bond acceptors (Lipinski definition) is 5. The molecule has 1 saturated heterocycles. The van der Waals surface area contributed by atoms with Gasteiger partial charge in [-0.15, -0.1) is 0 Å². The zero-order chi connectivity index (χ0) is 25.8. The van der Waals surface area contributed by atoms with Gasteiger partial charge < -0.3 is 24.1 Å². The molecule has 3 aromatic rings. The lowest BCUT2D eigenvalue weighted by atomic mass is 9.98. The second kappa shape index (κ2) is 14.4. The SMILES string of the molecule is CCCCCCC1(O)O[C@H](COCc2ccccc2)[C@H](OCc2ccccc2)[C@H]1OCc1ccccc1. The zero-order valence-electron chi connectivity index (χ0n) is 21.8. The van der Waals surface area contributed by atoms with Gasteiger partial charge in [-0.1, -0.05) is 117 Å². The quantitative estimate of drug-likeness (QED) is 0.242. The van der Waals surface area contributed by atoms with Crippen LogP contribution in [0.4, 0.5) is 0 Å². The van der Waals surface area contributed by atoms with E-state index in [1.165, 1.54) is 0 Å². The molecule has 0 aliphatic carbocycles. The summed E-state index contributed by atoms with van der Waals surface area (Å²) in [4.78, 5) is 0. The zero-order valence-corrected chi connectivity index (χ0v) is 21.8. The topological polar surface area (TPSA) is 57.2 Å². The maximum Gasteiger partial charge on any atom is 0.195 e. The van der Waals surface area contributed by atoms with Crippen molar-refractivity contribution in [2.45, 2.75) is 82.9 Å². The van der Waals surface area contributed by atoms with E-state index in [4.69, 9.17) is 18.9 Å². The third-order valence-electron chi connectivity index (χ3n) is 6.80. The number of aliphatic hydroxyl groups is 1. The van der Waals surface area contributed by atoms with Gasteiger partial charge in [-0.05, 0) is 23.1 Å². The Bertz CT molecular complexity index is 1010. The lowest BCUT2D eigenvalue weighted by molar-refractivity contribution is -0.247. The number of unbranched alkanes of at least 4 members (excludes halogenated alkanes) is 3. The Labute approximate surface area is 221 Å². The predicted molar refractivity (Wildman–Crippen MR) is 145 cm³/mol. The Balaban J connectivity index is 1.50. The number of benzene rings is 3. The maximum absolute atomic E-state index is 11.8. The summed E-state index contributed by atoms with van der Waals surface area (Å²) in [5.41, 5.74) is 3.20. The third-order valence-corrected chi connectivity index (χ3v) is 6.80. The van der Waals surface area contributed by atoms with Gasteiger partial charge in [0.2, 0.25) is 0 Å². The van der Waals surface area contributed by atoms with Crippen LogP contribution in [0.15, 0.2) is 91.0 Å². The van der Waals surface area contributed by atoms with Crippen LogP contribution in [0.25, 0.3) is 0 Å². The van der Waals surface area contributed by atoms with Crippen LogP contribution < -0.4 is 0 Å². The Morgan fingerprint density at radius 1 is 0.703 bits per heavy atom. The van der Waals surface area contributed by atoms with Crippen LogP contribution in [0.5, 0.6) is 0 Å². The Kier molecular flexibility index (Phi) is 10.7. The molecule has 1 heterocycles. The minimum Gasteiger partial charge on any atom is -0.374 e. The van der Waals surface area contributed by atoms with Crippen molar-refractivity contribution in [3.8, 4) is 0 Å². The Morgan fingerprint density at radius 3 is 1.81 bits per heavy atom. The standard InChI is InChI=1S/C32H40O5/c1-2-3-4-14-21-32(33)31(36-24-28-19-12-7-13-20-28)30(35-23-27-17-10-6-11-18-27)29(37-32)25-34-22-26-15-8-5-9-16-26/h5-13,15-20,29-31,33H,2-4,14,21-25H2,1H3/t29-,30+,31-,32?/m1/s1. The van der Waals surface area contributed by atoms with Crippen molar-refractivity contribution in [1.82, 2.24) is 0 Å². The fourth-order valence-electron chi connectivity index (χ4n) is 4.80. The highest BCUT2D eigenvalue weighted by Gasteiger charge is 2.55. The smallest absolute Gasteiger partial charge is 0.195 e. The Morgan fingerprint density at radius 2 is 1.24 bits per heavy atom. The summed E-state index contributed by atoms with van der Waals surface area (Å²) in [5, 5.41) is 11.8. The summed E-state index contributed by atoms with van der Waals surface area (Å²) in [7, 11) is 0. The molecule has 5 nitrogen and oxygen atoms in total. The highest BCUT2D eigenvalue weighted by Crippen LogP contribution is 2.38. The van der Waals surface area contributed by atoms with E-state index in [1.54, 1.807) is 0 Å². The molecule has 37 heavy (non-hydrogen) atoms. The van der Waals surface area contributed by atoms with E-state index in [-0.39, 0.29) is 0 Å². The summed E-state index contributed by atoms with van der Waals surface area (Å²) < 4.78 is 25.3. The first kappa shape index (κ1) is 27.5. The summed E-state index contributed by atoms with van der Waals surface area (Å²) in [6.07, 6.45) is 3.09. The summed E-state index contributed by atoms with van der Waals surface area (Å²) in [5.74, 6) is -1.44. The largest absolute Gasteiger partial charge is 0.374 e. The number of rotatable bonds is 15. The van der Waals surface area contributed by atoms with Crippen LogP contribution in [0, 0.1) is 0 Å². The first-order valence-electron chi connectivity index (χ1n) is 13.5. The summed E-state index contributed by atoms with van der Waals surface area (Å²) in [6.45, 7) is 3.73. The molecule has 1 unspecified atom stereocenters. The lowest BCUT2D eigenvalue weighted by Crippen LogP contribution is -2.46. The van der Waals surface area contributed by atoms with Crippen molar-refractivity contribution in [2.24, 2.45) is 0 Å². The molecule has 0 radical (unpaired) electrons. The van der Waals surface area contributed by atoms with E-state index in [0.29, 0.717) is 32.8 Å². The van der Waals surface area contributed by atoms with E-state index in [0.717, 1.165) is 42.4 Å². The molecule has 0 bridgehead atoms. The molecule has 4 atom stereocenters. The highest BCUT2D eigenvalue weighted by atomic mass is 16.7. The molecule has 3 aromatic carbocycles. The predicted octanol–water partition coefficient (Wildman–Crippen LogP) is 6.43. The third kappa shape index (κ3) is 8.22. The van der Waals surface area contributed by atoms with Gasteiger partial charge in [0, 0.05) is 6.42 Å². The van der Waals surface area contributed by atoms with Crippen molar-refractivity contribution < 1.29 is 24.1 Å². The van der Waals surface area contributed by atoms with Crippen LogP contribution in [-0.4, -0.2) is 35.8 Å². The van der Waals surface area contributed by atoms with Gasteiger partial charge >= 0.3 is 0 Å². The van der Waals surface area contributed by atoms with E-state index in [9.17, 15) is 5.11 Å². The molecule has 4 rings (SSSR count). The monoisotopic (exact) mass is 504 g/mol. The molecule has 0 amide bonds. The van der Waals surface area contributed by atoms with Crippen molar-refractivity contribution in [1.29, 1.82) is 0 Å². The molecule has 1 fully saturated rings. The van der Waals surface area contributed by atoms with E-state index in [1.807, 2.05) is 91.0 Å². The number of hydrogen-bond donors (Lipinski definition) is 1. The average Bonchev–Trinajstić information content (AvgIpc) is 3.20. The van der Waals surface area contributed by atoms with Gasteiger partial charge in [0.1, 0.15) is 18.3 Å². The van der Waals surface area contributed by atoms with Crippen LogP contribution in [0.3, 0.4) is 0 Å². The molecule has 1 aliphatic heterocycles. The van der Waals surface area contributed by atoms with Gasteiger partial charge in [-0.2, -0.15) is 0 Å². The van der Waals surface area contributed by atoms with Crippen molar-refractivity contribution in [2.75, 3.05) is 6.61 Å². The van der Waals surface area contributed by atoms with Gasteiger partial charge in [0.15, 0.2) is 5.79 Å². The molecule has 5 heteroatoms. The van der Waals surface area contributed by atoms with E-state index < -0.39 is 24.1 Å². The molecule has 0 aromatic heterocycles. The van der Waals surface area contributed by atoms with Crippen LogP contribution in [0.1, 0.15) is 55.7 Å². The fourth-order valence-corrected chi connectivity index (χ4v) is 4.80.